The fourth-order valence-electron chi connectivity index (χ4n) is 2.12. The smallest absolute Gasteiger partial charge is 0.260 e. The summed E-state index contributed by atoms with van der Waals surface area (Å²) in [5, 5.41) is 0. The van der Waals surface area contributed by atoms with E-state index in [0.717, 1.165) is 17.7 Å². The van der Waals surface area contributed by atoms with Crippen LogP contribution < -0.4 is 4.74 Å². The second-order valence-corrected chi connectivity index (χ2v) is 5.16. The van der Waals surface area contributed by atoms with Gasteiger partial charge in [0.15, 0.2) is 18.2 Å². The molecule has 2 aromatic rings. The number of ether oxygens (including phenoxy) is 2. The van der Waals surface area contributed by atoms with Crippen molar-refractivity contribution in [3.63, 3.8) is 0 Å². The predicted octanol–water partition coefficient (Wildman–Crippen LogP) is 3.02. The Morgan fingerprint density at radius 3 is 2.54 bits per heavy atom. The van der Waals surface area contributed by atoms with E-state index in [4.69, 9.17) is 9.47 Å². The molecule has 0 saturated heterocycles. The summed E-state index contributed by atoms with van der Waals surface area (Å²) >= 11 is 0. The molecule has 0 radical (unpaired) electrons. The maximum Gasteiger partial charge on any atom is 0.260 e. The van der Waals surface area contributed by atoms with Crippen LogP contribution >= 0.6 is 0 Å². The molecule has 0 N–H and O–H groups in total. The molecule has 2 rings (SSSR count). The molecule has 0 atom stereocenters. The van der Waals surface area contributed by atoms with Crippen LogP contribution in [0.5, 0.6) is 5.75 Å². The van der Waals surface area contributed by atoms with E-state index in [1.165, 1.54) is 0 Å². The van der Waals surface area contributed by atoms with Gasteiger partial charge in [0.2, 0.25) is 0 Å². The first-order valence-electron chi connectivity index (χ1n) is 7.48. The zero-order valence-electron chi connectivity index (χ0n) is 13.4. The minimum atomic E-state index is -0.839. The van der Waals surface area contributed by atoms with Gasteiger partial charge >= 0.3 is 0 Å². The molecule has 0 spiro atoms. The minimum absolute atomic E-state index is 0.156. The van der Waals surface area contributed by atoms with E-state index in [1.54, 1.807) is 12.0 Å². The minimum Gasteiger partial charge on any atom is -0.481 e. The van der Waals surface area contributed by atoms with Crippen molar-refractivity contribution in [3.05, 3.63) is 65.7 Å². The van der Waals surface area contributed by atoms with Crippen molar-refractivity contribution >= 4 is 5.91 Å². The number of amides is 1. The Hall–Kier alpha value is -2.47. The molecule has 0 aromatic heterocycles. The van der Waals surface area contributed by atoms with E-state index in [9.17, 15) is 13.6 Å². The first-order chi connectivity index (χ1) is 11.6. The lowest BCUT2D eigenvalue weighted by molar-refractivity contribution is -0.134. The third kappa shape index (κ3) is 5.31. The SMILES string of the molecule is COCCN(Cc1ccccc1)C(=O)COc1ccc(F)cc1F. The van der Waals surface area contributed by atoms with Crippen molar-refractivity contribution in [1.82, 2.24) is 4.90 Å². The highest BCUT2D eigenvalue weighted by Gasteiger charge is 2.16. The molecule has 2 aromatic carbocycles. The Morgan fingerprint density at radius 1 is 1.12 bits per heavy atom. The standard InChI is InChI=1S/C18H19F2NO3/c1-23-10-9-21(12-14-5-3-2-4-6-14)18(22)13-24-17-8-7-15(19)11-16(17)20/h2-8,11H,9-10,12-13H2,1H3. The molecule has 0 fully saturated rings. The number of halogens is 2. The maximum atomic E-state index is 13.5. The first-order valence-corrected chi connectivity index (χ1v) is 7.48. The molecule has 0 aliphatic rings. The van der Waals surface area contributed by atoms with E-state index in [1.807, 2.05) is 30.3 Å². The highest BCUT2D eigenvalue weighted by atomic mass is 19.1. The van der Waals surface area contributed by atoms with Crippen LogP contribution in [0.4, 0.5) is 8.78 Å². The van der Waals surface area contributed by atoms with Crippen LogP contribution in [0.1, 0.15) is 5.56 Å². The van der Waals surface area contributed by atoms with Gasteiger partial charge in [-0.3, -0.25) is 4.79 Å². The third-order valence-electron chi connectivity index (χ3n) is 3.38. The fraction of sp³-hybridized carbons (Fsp3) is 0.278. The van der Waals surface area contributed by atoms with Crippen molar-refractivity contribution < 1.29 is 23.0 Å². The summed E-state index contributed by atoms with van der Waals surface area (Å²) in [7, 11) is 1.55. The van der Waals surface area contributed by atoms with Crippen molar-refractivity contribution in [2.24, 2.45) is 0 Å². The van der Waals surface area contributed by atoms with E-state index in [-0.39, 0.29) is 18.3 Å². The largest absolute Gasteiger partial charge is 0.481 e. The van der Waals surface area contributed by atoms with Gasteiger partial charge in [-0.2, -0.15) is 0 Å². The summed E-state index contributed by atoms with van der Waals surface area (Å²) in [5.41, 5.74) is 0.968. The molecule has 0 bridgehead atoms. The molecule has 1 amide bonds. The topological polar surface area (TPSA) is 38.8 Å². The van der Waals surface area contributed by atoms with Crippen LogP contribution in [-0.4, -0.2) is 37.7 Å². The van der Waals surface area contributed by atoms with Gasteiger partial charge in [0.05, 0.1) is 6.61 Å². The van der Waals surface area contributed by atoms with Gasteiger partial charge in [0, 0.05) is 26.3 Å². The molecule has 0 saturated carbocycles. The molecule has 0 aliphatic heterocycles. The Kier molecular flexibility index (Phi) is 6.69. The number of nitrogens with zero attached hydrogens (tertiary/aromatic N) is 1. The van der Waals surface area contributed by atoms with E-state index >= 15 is 0 Å². The lowest BCUT2D eigenvalue weighted by atomic mass is 10.2. The number of carbonyl (C=O) groups is 1. The predicted molar refractivity (Wildman–Crippen MR) is 85.6 cm³/mol. The average molecular weight is 335 g/mol. The molecule has 128 valence electrons. The Balaban J connectivity index is 1.98. The van der Waals surface area contributed by atoms with Gasteiger partial charge < -0.3 is 14.4 Å². The van der Waals surface area contributed by atoms with Crippen LogP contribution in [0, 0.1) is 11.6 Å². The highest BCUT2D eigenvalue weighted by Crippen LogP contribution is 2.17. The lowest BCUT2D eigenvalue weighted by Crippen LogP contribution is -2.36. The van der Waals surface area contributed by atoms with Crippen LogP contribution in [0.25, 0.3) is 0 Å². The van der Waals surface area contributed by atoms with E-state index in [0.29, 0.717) is 25.8 Å². The zero-order valence-corrected chi connectivity index (χ0v) is 13.4. The number of hydrogen-bond donors (Lipinski definition) is 0. The van der Waals surface area contributed by atoms with Gasteiger partial charge in [-0.15, -0.1) is 0 Å². The monoisotopic (exact) mass is 335 g/mol. The first kappa shape index (κ1) is 17.9. The summed E-state index contributed by atoms with van der Waals surface area (Å²) in [6, 6.07) is 12.4. The van der Waals surface area contributed by atoms with Gasteiger partial charge in [0.1, 0.15) is 5.82 Å². The fourth-order valence-corrected chi connectivity index (χ4v) is 2.12. The number of carbonyl (C=O) groups excluding carboxylic acids is 1. The van der Waals surface area contributed by atoms with Crippen molar-refractivity contribution in [2.45, 2.75) is 6.54 Å². The van der Waals surface area contributed by atoms with Gasteiger partial charge in [-0.05, 0) is 17.7 Å². The summed E-state index contributed by atoms with van der Waals surface area (Å²) in [6.45, 7) is 0.834. The van der Waals surface area contributed by atoms with Crippen LogP contribution in [-0.2, 0) is 16.1 Å². The summed E-state index contributed by atoms with van der Waals surface area (Å²) in [5.74, 6) is -2.00. The lowest BCUT2D eigenvalue weighted by Gasteiger charge is -2.22. The van der Waals surface area contributed by atoms with E-state index in [2.05, 4.69) is 0 Å². The summed E-state index contributed by atoms with van der Waals surface area (Å²) in [4.78, 5) is 13.9. The van der Waals surface area contributed by atoms with Crippen LogP contribution in [0.3, 0.4) is 0 Å². The molecule has 0 unspecified atom stereocenters. The molecular weight excluding hydrogens is 316 g/mol. The van der Waals surface area contributed by atoms with Crippen molar-refractivity contribution in [1.29, 1.82) is 0 Å². The highest BCUT2D eigenvalue weighted by molar-refractivity contribution is 5.77. The molecule has 0 aliphatic carbocycles. The average Bonchev–Trinajstić information content (AvgIpc) is 2.58. The van der Waals surface area contributed by atoms with Gasteiger partial charge in [-0.25, -0.2) is 8.78 Å². The van der Waals surface area contributed by atoms with Crippen LogP contribution in [0.2, 0.25) is 0 Å². The molecule has 4 nitrogen and oxygen atoms in total. The Labute approximate surface area is 139 Å². The van der Waals surface area contributed by atoms with Crippen molar-refractivity contribution in [3.8, 4) is 5.75 Å². The number of hydrogen-bond acceptors (Lipinski definition) is 3. The van der Waals surface area contributed by atoms with E-state index < -0.39 is 11.6 Å². The second kappa shape index (κ2) is 8.98. The summed E-state index contributed by atoms with van der Waals surface area (Å²) < 4.78 is 36.6. The second-order valence-electron chi connectivity index (χ2n) is 5.16. The van der Waals surface area contributed by atoms with Gasteiger partial charge in [-0.1, -0.05) is 30.3 Å². The Morgan fingerprint density at radius 2 is 1.88 bits per heavy atom. The number of rotatable bonds is 8. The van der Waals surface area contributed by atoms with Crippen LogP contribution in [0.15, 0.2) is 48.5 Å². The Bertz CT molecular complexity index is 665. The third-order valence-corrected chi connectivity index (χ3v) is 3.38. The molecule has 0 heterocycles. The van der Waals surface area contributed by atoms with Crippen molar-refractivity contribution in [2.75, 3.05) is 26.9 Å². The normalized spacial score (nSPS) is 10.5. The molecule has 24 heavy (non-hydrogen) atoms. The zero-order chi connectivity index (χ0) is 17.4. The quantitative estimate of drug-likeness (QED) is 0.744. The molecular formula is C18H19F2NO3. The maximum absolute atomic E-state index is 13.5. The number of methoxy groups -OCH3 is 1. The molecule has 6 heteroatoms. The number of benzene rings is 2. The summed E-state index contributed by atoms with van der Waals surface area (Å²) in [6.07, 6.45) is 0. The van der Waals surface area contributed by atoms with Gasteiger partial charge in [0.25, 0.3) is 5.91 Å².